The molecule has 0 aliphatic rings. The van der Waals surface area contributed by atoms with Crippen molar-refractivity contribution in [1.82, 2.24) is 0 Å². The molecule has 15 heteroatoms. The lowest BCUT2D eigenvalue weighted by Gasteiger charge is -2.36. The normalized spacial score (nSPS) is 11.7. The second kappa shape index (κ2) is 27.9. The molecule has 0 unspecified atom stereocenters. The van der Waals surface area contributed by atoms with E-state index >= 15 is 0 Å². The van der Waals surface area contributed by atoms with Gasteiger partial charge in [-0.2, -0.15) is 0 Å². The van der Waals surface area contributed by atoms with Crippen LogP contribution < -0.4 is 14.2 Å². The van der Waals surface area contributed by atoms with Gasteiger partial charge in [-0.1, -0.05) is 169 Å². The highest BCUT2D eigenvalue weighted by atomic mass is 16.5. The lowest BCUT2D eigenvalue weighted by atomic mass is 9.67. The maximum Gasteiger partial charge on any atom is 0.341 e. The van der Waals surface area contributed by atoms with E-state index in [-0.39, 0.29) is 51.7 Å². The summed E-state index contributed by atoms with van der Waals surface area (Å²) in [5, 5.41) is 102. The summed E-state index contributed by atoms with van der Waals surface area (Å²) in [6.07, 6.45) is 0. The molecule has 9 N–H and O–H groups in total. The minimum Gasteiger partial charge on any atom is -0.508 e. The Kier molecular flexibility index (Phi) is 19.8. The van der Waals surface area contributed by atoms with Gasteiger partial charge < -0.3 is 60.2 Å². The van der Waals surface area contributed by atoms with E-state index in [9.17, 15) is 60.3 Å². The molecule has 0 aromatic heterocycles. The molecule has 10 aromatic carbocycles. The van der Waals surface area contributed by atoms with Gasteiger partial charge in [-0.05, 0) is 162 Å². The van der Waals surface area contributed by atoms with Crippen molar-refractivity contribution in [2.24, 2.45) is 0 Å². The molecule has 0 bridgehead atoms. The van der Waals surface area contributed by atoms with Crippen LogP contribution in [0, 0.1) is 62.3 Å². The molecule has 10 rings (SSSR count). The molecule has 0 radical (unpaired) electrons. The molecule has 0 fully saturated rings. The van der Waals surface area contributed by atoms with E-state index in [1.54, 1.807) is 86.6 Å². The summed E-state index contributed by atoms with van der Waals surface area (Å²) in [5.41, 5.74) is 11.5. The number of hydrogen-bond donors (Lipinski definition) is 9. The average Bonchev–Trinajstić information content (AvgIpc) is 0.742. The number of carbonyl (C=O) groups is 3. The maximum atomic E-state index is 12.6. The lowest BCUT2D eigenvalue weighted by Crippen LogP contribution is -2.28. The highest BCUT2D eigenvalue weighted by molar-refractivity contribution is 5.72. The van der Waals surface area contributed by atoms with Crippen LogP contribution >= 0.6 is 0 Å². The van der Waals surface area contributed by atoms with Gasteiger partial charge in [-0.15, -0.1) is 0 Å². The molecule has 0 saturated carbocycles. The molecule has 0 aliphatic heterocycles. The molecular formula is C83H82O15. The maximum absolute atomic E-state index is 12.6. The van der Waals surface area contributed by atoms with Gasteiger partial charge in [-0.25, -0.2) is 14.4 Å². The predicted octanol–water partition coefficient (Wildman–Crippen LogP) is 16.3. The van der Waals surface area contributed by atoms with Crippen LogP contribution in [0.4, 0.5) is 0 Å². The number of benzene rings is 10. The van der Waals surface area contributed by atoms with Gasteiger partial charge in [-0.3, -0.25) is 0 Å². The van der Waals surface area contributed by atoms with Gasteiger partial charge >= 0.3 is 17.9 Å². The molecule has 0 atom stereocenters. The minimum absolute atomic E-state index is 0.0459. The first-order valence-electron chi connectivity index (χ1n) is 32.2. The highest BCUT2D eigenvalue weighted by Gasteiger charge is 2.40. The standard InChI is InChI=1S/C83H82O15/c1-44-13-23-67(84)58(29-44)76(59-30-45(2)14-24-68(59)85)64-38-55(35-50(7)79(64)96-41-73(90)91)82(10,11)53-19-21-54(22-20-53)83(12,56-36-51(8)80(97-42-74(92)93)65(39-56)77(60-31-46(3)15-25-69(60)86)61-32-47(4)16-26-70(61)87)57-37-52(9)81(98-43-75(94)95)66(40-57)78(62-33-48(5)17-27-71(62)88)63-34-49(6)18-28-72(63)89/h13-40,76-78,84-89H,41-43H2,1-12H3,(H,90,91)(H,92,93)(H,94,95). The van der Waals surface area contributed by atoms with Crippen LogP contribution in [-0.4, -0.2) is 83.7 Å². The van der Waals surface area contributed by atoms with Crippen molar-refractivity contribution < 1.29 is 74.6 Å². The molecule has 98 heavy (non-hydrogen) atoms. The molecule has 0 heterocycles. The first-order chi connectivity index (χ1) is 46.3. The quantitative estimate of drug-likeness (QED) is 0.0270. The highest BCUT2D eigenvalue weighted by Crippen LogP contribution is 2.54. The van der Waals surface area contributed by atoms with Crippen molar-refractivity contribution in [3.05, 3.63) is 298 Å². The van der Waals surface area contributed by atoms with Crippen LogP contribution in [0.2, 0.25) is 0 Å². The smallest absolute Gasteiger partial charge is 0.341 e. The van der Waals surface area contributed by atoms with Crippen LogP contribution in [0.3, 0.4) is 0 Å². The summed E-state index contributed by atoms with van der Waals surface area (Å²) >= 11 is 0. The third kappa shape index (κ3) is 14.1. The third-order valence-electron chi connectivity index (χ3n) is 18.9. The Hall–Kier alpha value is -11.2. The van der Waals surface area contributed by atoms with Gasteiger partial charge in [0.25, 0.3) is 0 Å². The van der Waals surface area contributed by atoms with E-state index in [0.717, 1.165) is 44.5 Å². The average molecular weight is 1320 g/mol. The second-order valence-electron chi connectivity index (χ2n) is 26.7. The number of aryl methyl sites for hydroxylation is 9. The summed E-state index contributed by atoms with van der Waals surface area (Å²) in [7, 11) is 0. The molecule has 10 aromatic rings. The summed E-state index contributed by atoms with van der Waals surface area (Å²) in [4.78, 5) is 37.4. The topological polar surface area (TPSA) is 261 Å². The van der Waals surface area contributed by atoms with Gasteiger partial charge in [0.15, 0.2) is 19.8 Å². The fourth-order valence-corrected chi connectivity index (χ4v) is 13.8. The SMILES string of the molecule is Cc1ccc(O)c(C(c2cc(C)ccc2O)c2cc(C(C)(C)c3ccc(C(C)(c4cc(C)c(OCC(=O)O)c(C(c5cc(C)ccc5O)c5cc(C)ccc5O)c4)c4cc(C)c(OCC(=O)O)c(C(c5cc(C)ccc5O)c5cc(C)ccc5O)c4)cc3)cc(C)c2OCC(=O)O)c1. The fraction of sp³-hybridized carbons (Fsp3) is 0.241. The van der Waals surface area contributed by atoms with Gasteiger partial charge in [0.2, 0.25) is 0 Å². The van der Waals surface area contributed by atoms with E-state index < -0.39 is 66.3 Å². The molecule has 0 saturated heterocycles. The molecule has 15 nitrogen and oxygen atoms in total. The number of carboxylic acid groups (broad SMARTS) is 3. The Morgan fingerprint density at radius 1 is 0.296 bits per heavy atom. The van der Waals surface area contributed by atoms with E-state index in [0.29, 0.717) is 83.5 Å². The monoisotopic (exact) mass is 1320 g/mol. The zero-order chi connectivity index (χ0) is 71.0. The van der Waals surface area contributed by atoms with Crippen molar-refractivity contribution in [2.75, 3.05) is 19.8 Å². The Morgan fingerprint density at radius 3 is 0.765 bits per heavy atom. The summed E-state index contributed by atoms with van der Waals surface area (Å²) in [6.45, 7) is 20.7. The largest absolute Gasteiger partial charge is 0.508 e. The number of rotatable bonds is 23. The zero-order valence-electron chi connectivity index (χ0n) is 57.0. The van der Waals surface area contributed by atoms with Crippen LogP contribution in [0.1, 0.15) is 166 Å². The molecular weight excluding hydrogens is 1240 g/mol. The number of carboxylic acids is 3. The molecule has 0 spiro atoms. The molecule has 0 amide bonds. The lowest BCUT2D eigenvalue weighted by molar-refractivity contribution is -0.140. The van der Waals surface area contributed by atoms with Gasteiger partial charge in [0.1, 0.15) is 51.7 Å². The number of aromatic hydroxyl groups is 6. The molecule has 504 valence electrons. The number of aliphatic carboxylic acids is 3. The van der Waals surface area contributed by atoms with Crippen LogP contribution in [0.5, 0.6) is 51.7 Å². The summed E-state index contributed by atoms with van der Waals surface area (Å²) in [5.74, 6) is -6.39. The predicted molar refractivity (Wildman–Crippen MR) is 377 cm³/mol. The van der Waals surface area contributed by atoms with E-state index in [1.165, 1.54) is 0 Å². The van der Waals surface area contributed by atoms with Crippen LogP contribution in [-0.2, 0) is 25.2 Å². The van der Waals surface area contributed by atoms with Crippen molar-refractivity contribution >= 4 is 17.9 Å². The van der Waals surface area contributed by atoms with Gasteiger partial charge in [0, 0.05) is 78.7 Å². The third-order valence-corrected chi connectivity index (χ3v) is 18.9. The Balaban J connectivity index is 1.29. The Bertz CT molecular complexity index is 4420. The van der Waals surface area contributed by atoms with E-state index in [1.807, 2.05) is 152 Å². The first-order valence-corrected chi connectivity index (χ1v) is 32.2. The number of ether oxygens (including phenoxy) is 3. The zero-order valence-corrected chi connectivity index (χ0v) is 57.0. The van der Waals surface area contributed by atoms with Crippen molar-refractivity contribution in [2.45, 2.75) is 112 Å². The van der Waals surface area contributed by atoms with Crippen LogP contribution in [0.15, 0.2) is 170 Å². The Morgan fingerprint density at radius 2 is 0.520 bits per heavy atom. The second-order valence-corrected chi connectivity index (χ2v) is 26.7. The number of phenolic OH excluding ortho intramolecular Hbond substituents is 6. The van der Waals surface area contributed by atoms with Crippen molar-refractivity contribution in [3.8, 4) is 51.7 Å². The minimum atomic E-state index is -1.33. The van der Waals surface area contributed by atoms with E-state index in [4.69, 9.17) is 14.2 Å². The number of phenols is 6. The molecule has 0 aliphatic carbocycles. The Labute approximate surface area is 570 Å². The number of hydrogen-bond acceptors (Lipinski definition) is 12. The van der Waals surface area contributed by atoms with E-state index in [2.05, 4.69) is 13.8 Å². The summed E-state index contributed by atoms with van der Waals surface area (Å²) < 4.78 is 18.9. The van der Waals surface area contributed by atoms with Gasteiger partial charge in [0.05, 0.1) is 0 Å². The van der Waals surface area contributed by atoms with Crippen molar-refractivity contribution in [3.63, 3.8) is 0 Å². The van der Waals surface area contributed by atoms with Crippen LogP contribution in [0.25, 0.3) is 0 Å². The first kappa shape index (κ1) is 69.6. The van der Waals surface area contributed by atoms with Crippen molar-refractivity contribution in [1.29, 1.82) is 0 Å². The summed E-state index contributed by atoms with van der Waals surface area (Å²) in [6, 6.07) is 50.6. The fourth-order valence-electron chi connectivity index (χ4n) is 13.8.